The number of aromatic amines is 2. The molecule has 0 aliphatic rings. The van der Waals surface area contributed by atoms with E-state index >= 15 is 0 Å². The summed E-state index contributed by atoms with van der Waals surface area (Å²) in [6.07, 6.45) is 1.67. The maximum Gasteiger partial charge on any atom is 0.273 e. The molecule has 3 N–H and O–H groups in total. The number of H-pyrrole nitrogens is 2. The number of halogens is 1. The van der Waals surface area contributed by atoms with E-state index in [0.29, 0.717) is 17.1 Å². The molecule has 0 aliphatic heterocycles. The number of hydrogen-bond donors (Lipinski definition) is 3. The van der Waals surface area contributed by atoms with Gasteiger partial charge in [-0.2, -0.15) is 10.2 Å². The van der Waals surface area contributed by atoms with Gasteiger partial charge in [-0.25, -0.2) is 4.39 Å². The van der Waals surface area contributed by atoms with Crippen molar-refractivity contribution in [1.82, 2.24) is 20.4 Å². The number of amides is 1. The Bertz CT molecular complexity index is 1040. The predicted molar refractivity (Wildman–Crippen MR) is 96.0 cm³/mol. The third-order valence-electron chi connectivity index (χ3n) is 3.89. The van der Waals surface area contributed by atoms with Crippen molar-refractivity contribution in [2.45, 2.75) is 0 Å². The van der Waals surface area contributed by atoms with E-state index in [1.165, 1.54) is 12.1 Å². The summed E-state index contributed by atoms with van der Waals surface area (Å²) in [5.74, 6) is -0.632. The first kappa shape index (κ1) is 15.8. The van der Waals surface area contributed by atoms with Crippen molar-refractivity contribution in [3.05, 3.63) is 78.4 Å². The van der Waals surface area contributed by atoms with Crippen molar-refractivity contribution in [3.8, 4) is 22.5 Å². The molecule has 1 amide bonds. The van der Waals surface area contributed by atoms with Gasteiger partial charge in [-0.1, -0.05) is 12.1 Å². The minimum atomic E-state index is -0.320. The van der Waals surface area contributed by atoms with Crippen LogP contribution in [0.25, 0.3) is 22.5 Å². The molecular weight excluding hydrogens is 333 g/mol. The number of nitrogens with zero attached hydrogens (tertiary/aromatic N) is 2. The molecule has 0 unspecified atom stereocenters. The fourth-order valence-corrected chi connectivity index (χ4v) is 2.59. The third kappa shape index (κ3) is 3.23. The second-order valence-corrected chi connectivity index (χ2v) is 5.68. The zero-order chi connectivity index (χ0) is 17.9. The van der Waals surface area contributed by atoms with E-state index in [9.17, 15) is 9.18 Å². The van der Waals surface area contributed by atoms with Crippen molar-refractivity contribution < 1.29 is 9.18 Å². The SMILES string of the molecule is O=C(Nc1cccc(-c2ccn[nH]2)c1)c1cc(-c2ccc(F)cc2)n[nH]1. The average Bonchev–Trinajstić information content (AvgIpc) is 3.35. The van der Waals surface area contributed by atoms with Crippen molar-refractivity contribution in [3.63, 3.8) is 0 Å². The fraction of sp³-hybridized carbons (Fsp3) is 0. The first-order valence-corrected chi connectivity index (χ1v) is 7.91. The van der Waals surface area contributed by atoms with Gasteiger partial charge in [0.05, 0.1) is 11.4 Å². The Labute approximate surface area is 148 Å². The van der Waals surface area contributed by atoms with E-state index in [1.807, 2.05) is 24.3 Å². The lowest BCUT2D eigenvalue weighted by molar-refractivity contribution is 0.102. The summed E-state index contributed by atoms with van der Waals surface area (Å²) in [4.78, 5) is 12.4. The second-order valence-electron chi connectivity index (χ2n) is 5.68. The van der Waals surface area contributed by atoms with Gasteiger partial charge in [-0.05, 0) is 48.5 Å². The predicted octanol–water partition coefficient (Wildman–Crippen LogP) is 3.86. The molecule has 26 heavy (non-hydrogen) atoms. The van der Waals surface area contributed by atoms with Gasteiger partial charge in [0.1, 0.15) is 11.5 Å². The molecule has 128 valence electrons. The maximum atomic E-state index is 13.0. The molecule has 4 rings (SSSR count). The molecule has 0 atom stereocenters. The van der Waals surface area contributed by atoms with E-state index in [2.05, 4.69) is 25.7 Å². The zero-order valence-corrected chi connectivity index (χ0v) is 13.5. The second kappa shape index (κ2) is 6.64. The van der Waals surface area contributed by atoms with E-state index < -0.39 is 0 Å². The minimum absolute atomic E-state index is 0.312. The van der Waals surface area contributed by atoms with Crippen LogP contribution in [0.4, 0.5) is 10.1 Å². The number of anilines is 1. The number of hydrogen-bond acceptors (Lipinski definition) is 3. The van der Waals surface area contributed by atoms with Crippen molar-refractivity contribution >= 4 is 11.6 Å². The first-order chi connectivity index (χ1) is 12.7. The average molecular weight is 347 g/mol. The van der Waals surface area contributed by atoms with Gasteiger partial charge in [0, 0.05) is 23.0 Å². The molecule has 0 fully saturated rings. The number of nitrogens with one attached hydrogen (secondary N) is 3. The molecule has 0 bridgehead atoms. The molecule has 7 heteroatoms. The maximum absolute atomic E-state index is 13.0. The summed E-state index contributed by atoms with van der Waals surface area (Å²) in [6.45, 7) is 0. The Hall–Kier alpha value is -3.74. The standard InChI is InChI=1S/C19H14FN5O/c20-14-6-4-12(5-7-14)17-11-18(25-24-17)19(26)22-15-3-1-2-13(10-15)16-8-9-21-23-16/h1-11H,(H,21,23)(H,22,26)(H,24,25). The normalized spacial score (nSPS) is 10.7. The van der Waals surface area contributed by atoms with Gasteiger partial charge in [0.25, 0.3) is 5.91 Å². The van der Waals surface area contributed by atoms with Crippen LogP contribution >= 0.6 is 0 Å². The first-order valence-electron chi connectivity index (χ1n) is 7.91. The Morgan fingerprint density at radius 2 is 1.81 bits per heavy atom. The number of benzene rings is 2. The monoisotopic (exact) mass is 347 g/mol. The summed E-state index contributed by atoms with van der Waals surface area (Å²) >= 11 is 0. The van der Waals surface area contributed by atoms with Crippen LogP contribution in [0.15, 0.2) is 66.9 Å². The van der Waals surface area contributed by atoms with E-state index in [0.717, 1.165) is 16.8 Å². The highest BCUT2D eigenvalue weighted by molar-refractivity contribution is 6.03. The molecule has 0 saturated carbocycles. The van der Waals surface area contributed by atoms with Crippen LogP contribution < -0.4 is 5.32 Å². The quantitative estimate of drug-likeness (QED) is 0.524. The van der Waals surface area contributed by atoms with E-state index in [1.54, 1.807) is 30.5 Å². The highest BCUT2D eigenvalue weighted by Crippen LogP contribution is 2.22. The van der Waals surface area contributed by atoms with Crippen molar-refractivity contribution in [2.24, 2.45) is 0 Å². The topological polar surface area (TPSA) is 86.5 Å². The van der Waals surface area contributed by atoms with Crippen LogP contribution in [0.2, 0.25) is 0 Å². The van der Waals surface area contributed by atoms with Crippen LogP contribution in [0, 0.1) is 5.82 Å². The Balaban J connectivity index is 1.52. The lowest BCUT2D eigenvalue weighted by atomic mass is 10.1. The lowest BCUT2D eigenvalue weighted by Gasteiger charge is -2.05. The van der Waals surface area contributed by atoms with Crippen LogP contribution in [0.3, 0.4) is 0 Å². The summed E-state index contributed by atoms with van der Waals surface area (Å²) in [5.41, 5.74) is 4.04. The van der Waals surface area contributed by atoms with Gasteiger partial charge in [0.2, 0.25) is 0 Å². The molecule has 4 aromatic rings. The number of aromatic nitrogens is 4. The van der Waals surface area contributed by atoms with Gasteiger partial charge < -0.3 is 5.32 Å². The minimum Gasteiger partial charge on any atom is -0.321 e. The highest BCUT2D eigenvalue weighted by Gasteiger charge is 2.12. The van der Waals surface area contributed by atoms with Gasteiger partial charge in [0.15, 0.2) is 0 Å². The van der Waals surface area contributed by atoms with Crippen LogP contribution in [0.1, 0.15) is 10.5 Å². The molecule has 0 saturated heterocycles. The zero-order valence-electron chi connectivity index (χ0n) is 13.5. The van der Waals surface area contributed by atoms with Crippen LogP contribution in [0.5, 0.6) is 0 Å². The lowest BCUT2D eigenvalue weighted by Crippen LogP contribution is -2.12. The summed E-state index contributed by atoms with van der Waals surface area (Å²) in [6, 6.07) is 16.8. The number of carbonyl (C=O) groups is 1. The van der Waals surface area contributed by atoms with Gasteiger partial charge >= 0.3 is 0 Å². The van der Waals surface area contributed by atoms with Crippen molar-refractivity contribution in [1.29, 1.82) is 0 Å². The molecular formula is C19H14FN5O. The number of rotatable bonds is 4. The van der Waals surface area contributed by atoms with Crippen LogP contribution in [-0.4, -0.2) is 26.3 Å². The molecule has 2 aromatic carbocycles. The summed E-state index contributed by atoms with van der Waals surface area (Å²) < 4.78 is 13.0. The molecule has 6 nitrogen and oxygen atoms in total. The van der Waals surface area contributed by atoms with E-state index in [-0.39, 0.29) is 11.7 Å². The molecule has 2 aromatic heterocycles. The summed E-state index contributed by atoms with van der Waals surface area (Å²) in [5, 5.41) is 16.5. The number of carbonyl (C=O) groups excluding carboxylic acids is 1. The largest absolute Gasteiger partial charge is 0.321 e. The third-order valence-corrected chi connectivity index (χ3v) is 3.89. The smallest absolute Gasteiger partial charge is 0.273 e. The Morgan fingerprint density at radius 1 is 0.962 bits per heavy atom. The highest BCUT2D eigenvalue weighted by atomic mass is 19.1. The Kier molecular flexibility index (Phi) is 4.03. The summed E-state index contributed by atoms with van der Waals surface area (Å²) in [7, 11) is 0. The van der Waals surface area contributed by atoms with E-state index in [4.69, 9.17) is 0 Å². The molecule has 0 spiro atoms. The van der Waals surface area contributed by atoms with Gasteiger partial charge in [-0.3, -0.25) is 15.0 Å². The molecule has 0 aliphatic carbocycles. The molecule has 2 heterocycles. The molecule has 0 radical (unpaired) electrons. The Morgan fingerprint density at radius 3 is 2.58 bits per heavy atom. The van der Waals surface area contributed by atoms with Crippen molar-refractivity contribution in [2.75, 3.05) is 5.32 Å². The fourth-order valence-electron chi connectivity index (χ4n) is 2.59. The van der Waals surface area contributed by atoms with Gasteiger partial charge in [-0.15, -0.1) is 0 Å². The van der Waals surface area contributed by atoms with Crippen LogP contribution in [-0.2, 0) is 0 Å².